The van der Waals surface area contributed by atoms with Crippen molar-refractivity contribution >= 4 is 5.65 Å². The number of aliphatic hydroxyl groups is 1. The molecule has 0 aliphatic rings. The van der Waals surface area contributed by atoms with Gasteiger partial charge in [0.2, 0.25) is 0 Å². The van der Waals surface area contributed by atoms with Crippen LogP contribution in [-0.4, -0.2) is 14.5 Å². The Morgan fingerprint density at radius 3 is 2.41 bits per heavy atom. The normalized spacial score (nSPS) is 12.7. The summed E-state index contributed by atoms with van der Waals surface area (Å²) in [6.07, 6.45) is 3.29. The third kappa shape index (κ3) is 2.77. The van der Waals surface area contributed by atoms with Crippen LogP contribution >= 0.6 is 0 Å². The molecule has 0 amide bonds. The SMILES string of the molecule is CCc1ccc(Cc2nc3ccc(C)cn3c2C(C)O)cc1. The third-order valence-electron chi connectivity index (χ3n) is 4.08. The van der Waals surface area contributed by atoms with Gasteiger partial charge in [0.15, 0.2) is 0 Å². The first kappa shape index (κ1) is 14.8. The molecule has 3 nitrogen and oxygen atoms in total. The van der Waals surface area contributed by atoms with Gasteiger partial charge in [0, 0.05) is 12.6 Å². The van der Waals surface area contributed by atoms with Gasteiger partial charge in [-0.1, -0.05) is 37.3 Å². The molecule has 1 unspecified atom stereocenters. The highest BCUT2D eigenvalue weighted by atomic mass is 16.3. The predicted octanol–water partition coefficient (Wildman–Crippen LogP) is 3.85. The summed E-state index contributed by atoms with van der Waals surface area (Å²) >= 11 is 0. The molecule has 1 aromatic carbocycles. The van der Waals surface area contributed by atoms with Crippen LogP contribution in [0.5, 0.6) is 0 Å². The van der Waals surface area contributed by atoms with Crippen molar-refractivity contribution < 1.29 is 5.11 Å². The second kappa shape index (κ2) is 5.93. The van der Waals surface area contributed by atoms with Crippen molar-refractivity contribution in [2.24, 2.45) is 0 Å². The number of imidazole rings is 1. The van der Waals surface area contributed by atoms with E-state index in [1.54, 1.807) is 6.92 Å². The molecule has 0 saturated heterocycles. The maximum atomic E-state index is 10.2. The zero-order chi connectivity index (χ0) is 15.7. The Bertz CT molecular complexity index is 785. The molecule has 22 heavy (non-hydrogen) atoms. The summed E-state index contributed by atoms with van der Waals surface area (Å²) in [5, 5.41) is 10.2. The van der Waals surface area contributed by atoms with E-state index in [9.17, 15) is 5.11 Å². The number of aliphatic hydroxyl groups excluding tert-OH is 1. The van der Waals surface area contributed by atoms with Crippen molar-refractivity contribution in [3.8, 4) is 0 Å². The first-order valence-corrected chi connectivity index (χ1v) is 7.82. The quantitative estimate of drug-likeness (QED) is 0.793. The fraction of sp³-hybridized carbons (Fsp3) is 0.316. The van der Waals surface area contributed by atoms with Crippen LogP contribution < -0.4 is 0 Å². The summed E-state index contributed by atoms with van der Waals surface area (Å²) in [6, 6.07) is 12.7. The number of fused-ring (bicyclic) bond motifs is 1. The summed E-state index contributed by atoms with van der Waals surface area (Å²) in [7, 11) is 0. The molecule has 0 aliphatic carbocycles. The first-order valence-electron chi connectivity index (χ1n) is 7.82. The van der Waals surface area contributed by atoms with E-state index in [1.165, 1.54) is 11.1 Å². The summed E-state index contributed by atoms with van der Waals surface area (Å²) in [6.45, 7) is 6.01. The molecule has 0 bridgehead atoms. The molecule has 1 atom stereocenters. The molecule has 0 saturated carbocycles. The number of benzene rings is 1. The van der Waals surface area contributed by atoms with Crippen LogP contribution in [0.15, 0.2) is 42.6 Å². The molecule has 0 radical (unpaired) electrons. The molecule has 2 heterocycles. The third-order valence-corrected chi connectivity index (χ3v) is 4.08. The Kier molecular flexibility index (Phi) is 3.99. The maximum absolute atomic E-state index is 10.2. The van der Waals surface area contributed by atoms with Gasteiger partial charge in [-0.3, -0.25) is 0 Å². The van der Waals surface area contributed by atoms with Crippen LogP contribution in [-0.2, 0) is 12.8 Å². The van der Waals surface area contributed by atoms with Gasteiger partial charge >= 0.3 is 0 Å². The number of hydrogen-bond donors (Lipinski definition) is 1. The van der Waals surface area contributed by atoms with Crippen molar-refractivity contribution in [1.82, 2.24) is 9.38 Å². The molecule has 3 aromatic rings. The van der Waals surface area contributed by atoms with Crippen molar-refractivity contribution in [2.75, 3.05) is 0 Å². The maximum Gasteiger partial charge on any atom is 0.137 e. The van der Waals surface area contributed by atoms with E-state index in [2.05, 4.69) is 38.1 Å². The van der Waals surface area contributed by atoms with Crippen molar-refractivity contribution in [1.29, 1.82) is 0 Å². The highest BCUT2D eigenvalue weighted by molar-refractivity contribution is 5.46. The zero-order valence-electron chi connectivity index (χ0n) is 13.4. The lowest BCUT2D eigenvalue weighted by Crippen LogP contribution is -2.02. The molecular formula is C19H22N2O. The molecule has 3 heteroatoms. The van der Waals surface area contributed by atoms with Crippen LogP contribution in [0.2, 0.25) is 0 Å². The first-order chi connectivity index (χ1) is 10.6. The number of aromatic nitrogens is 2. The number of rotatable bonds is 4. The van der Waals surface area contributed by atoms with Gasteiger partial charge in [0.1, 0.15) is 5.65 Å². The van der Waals surface area contributed by atoms with Gasteiger partial charge in [-0.25, -0.2) is 4.98 Å². The molecule has 0 spiro atoms. The van der Waals surface area contributed by atoms with Crippen molar-refractivity contribution in [3.63, 3.8) is 0 Å². The molecule has 1 N–H and O–H groups in total. The largest absolute Gasteiger partial charge is 0.387 e. The van der Waals surface area contributed by atoms with Gasteiger partial charge in [0.25, 0.3) is 0 Å². The smallest absolute Gasteiger partial charge is 0.137 e. The Labute approximate surface area is 131 Å². The highest BCUT2D eigenvalue weighted by Crippen LogP contribution is 2.23. The predicted molar refractivity (Wildman–Crippen MR) is 89.2 cm³/mol. The molecular weight excluding hydrogens is 272 g/mol. The van der Waals surface area contributed by atoms with Crippen LogP contribution in [0.4, 0.5) is 0 Å². The Hall–Kier alpha value is -2.13. The van der Waals surface area contributed by atoms with Crippen LogP contribution in [0.1, 0.15) is 48.0 Å². The fourth-order valence-corrected chi connectivity index (χ4v) is 2.88. The van der Waals surface area contributed by atoms with Crippen molar-refractivity contribution in [2.45, 2.75) is 39.7 Å². The number of aryl methyl sites for hydroxylation is 2. The van der Waals surface area contributed by atoms with E-state index < -0.39 is 6.10 Å². The van der Waals surface area contributed by atoms with Gasteiger partial charge in [0.05, 0.1) is 17.5 Å². The van der Waals surface area contributed by atoms with Gasteiger partial charge < -0.3 is 9.51 Å². The summed E-state index contributed by atoms with van der Waals surface area (Å²) in [5.41, 5.74) is 6.44. The monoisotopic (exact) mass is 294 g/mol. The average molecular weight is 294 g/mol. The van der Waals surface area contributed by atoms with Gasteiger partial charge in [-0.05, 0) is 43.0 Å². The number of hydrogen-bond acceptors (Lipinski definition) is 2. The Balaban J connectivity index is 2.03. The van der Waals surface area contributed by atoms with E-state index in [0.717, 1.165) is 35.4 Å². The zero-order valence-corrected chi connectivity index (χ0v) is 13.4. The van der Waals surface area contributed by atoms with E-state index in [0.29, 0.717) is 0 Å². The average Bonchev–Trinajstić information content (AvgIpc) is 2.85. The molecule has 2 aromatic heterocycles. The molecule has 0 aliphatic heterocycles. The lowest BCUT2D eigenvalue weighted by atomic mass is 10.0. The summed E-state index contributed by atoms with van der Waals surface area (Å²) in [4.78, 5) is 4.72. The standard InChI is InChI=1S/C19H22N2O/c1-4-15-6-8-16(9-7-15)11-17-19(14(3)22)21-12-13(2)5-10-18(21)20-17/h5-10,12,14,22H,4,11H2,1-3H3. The minimum atomic E-state index is -0.540. The summed E-state index contributed by atoms with van der Waals surface area (Å²) in [5.74, 6) is 0. The van der Waals surface area contributed by atoms with Crippen molar-refractivity contribution in [3.05, 3.63) is 70.7 Å². The lowest BCUT2D eigenvalue weighted by molar-refractivity contribution is 0.192. The summed E-state index contributed by atoms with van der Waals surface area (Å²) < 4.78 is 2.01. The van der Waals surface area contributed by atoms with E-state index >= 15 is 0 Å². The minimum absolute atomic E-state index is 0.540. The second-order valence-electron chi connectivity index (χ2n) is 5.90. The highest BCUT2D eigenvalue weighted by Gasteiger charge is 2.16. The van der Waals surface area contributed by atoms with Gasteiger partial charge in [-0.2, -0.15) is 0 Å². The minimum Gasteiger partial charge on any atom is -0.387 e. The van der Waals surface area contributed by atoms with Gasteiger partial charge in [-0.15, -0.1) is 0 Å². The Morgan fingerprint density at radius 2 is 1.77 bits per heavy atom. The van der Waals surface area contributed by atoms with Crippen LogP contribution in [0.3, 0.4) is 0 Å². The second-order valence-corrected chi connectivity index (χ2v) is 5.90. The molecule has 114 valence electrons. The van der Waals surface area contributed by atoms with Crippen LogP contribution in [0.25, 0.3) is 5.65 Å². The van der Waals surface area contributed by atoms with E-state index in [-0.39, 0.29) is 0 Å². The van der Waals surface area contributed by atoms with Crippen LogP contribution in [0, 0.1) is 6.92 Å². The van der Waals surface area contributed by atoms with E-state index in [1.807, 2.05) is 22.7 Å². The topological polar surface area (TPSA) is 37.5 Å². The Morgan fingerprint density at radius 1 is 1.09 bits per heavy atom. The number of pyridine rings is 1. The molecule has 3 rings (SSSR count). The van der Waals surface area contributed by atoms with E-state index in [4.69, 9.17) is 4.98 Å². The lowest BCUT2D eigenvalue weighted by Gasteiger charge is -2.09. The number of nitrogens with zero attached hydrogens (tertiary/aromatic N) is 2. The fourth-order valence-electron chi connectivity index (χ4n) is 2.88. The molecule has 0 fully saturated rings.